The van der Waals surface area contributed by atoms with Crippen molar-refractivity contribution in [3.05, 3.63) is 35.4 Å². The van der Waals surface area contributed by atoms with Crippen molar-refractivity contribution in [3.63, 3.8) is 0 Å². The third-order valence-electron chi connectivity index (χ3n) is 3.95. The molecule has 22 heavy (non-hydrogen) atoms. The van der Waals surface area contributed by atoms with Crippen LogP contribution in [-0.2, 0) is 16.4 Å². The molecule has 0 atom stereocenters. The molecule has 1 aliphatic heterocycles. The van der Waals surface area contributed by atoms with E-state index in [1.807, 2.05) is 0 Å². The average Bonchev–Trinajstić information content (AvgIpc) is 2.46. The summed E-state index contributed by atoms with van der Waals surface area (Å²) >= 11 is 0. The zero-order valence-electron chi connectivity index (χ0n) is 12.5. The van der Waals surface area contributed by atoms with E-state index in [2.05, 4.69) is 0 Å². The average molecular weight is 336 g/mol. The molecule has 0 aromatic heterocycles. The first kappa shape index (κ1) is 17.2. The van der Waals surface area contributed by atoms with Crippen LogP contribution >= 0.6 is 0 Å². The molecule has 1 heterocycles. The Morgan fingerprint density at radius 3 is 2.00 bits per heavy atom. The van der Waals surface area contributed by atoms with Gasteiger partial charge in [-0.25, -0.2) is 0 Å². The first-order valence-corrected chi connectivity index (χ1v) is 8.37. The predicted octanol–water partition coefficient (Wildman–Crippen LogP) is 2.69. The van der Waals surface area contributed by atoms with Crippen LogP contribution in [0.1, 0.15) is 29.9 Å². The van der Waals surface area contributed by atoms with Gasteiger partial charge in [-0.3, -0.25) is 0 Å². The largest absolute Gasteiger partial charge is 0.416 e. The molecule has 0 aliphatic carbocycles. The Kier molecular flexibility index (Phi) is 4.84. The van der Waals surface area contributed by atoms with Gasteiger partial charge in [0, 0.05) is 27.2 Å². The van der Waals surface area contributed by atoms with Crippen LogP contribution in [-0.4, -0.2) is 44.2 Å². The van der Waals surface area contributed by atoms with E-state index in [1.165, 1.54) is 34.8 Å². The van der Waals surface area contributed by atoms with Crippen LogP contribution < -0.4 is 0 Å². The minimum atomic E-state index is -4.33. The maximum absolute atomic E-state index is 12.5. The van der Waals surface area contributed by atoms with E-state index in [9.17, 15) is 21.6 Å². The van der Waals surface area contributed by atoms with Gasteiger partial charge in [0.1, 0.15) is 0 Å². The third kappa shape index (κ3) is 3.61. The van der Waals surface area contributed by atoms with Gasteiger partial charge < -0.3 is 0 Å². The zero-order chi connectivity index (χ0) is 16.5. The minimum absolute atomic E-state index is 0.0934. The Morgan fingerprint density at radius 1 is 1.09 bits per heavy atom. The van der Waals surface area contributed by atoms with Gasteiger partial charge in [-0.05, 0) is 36.5 Å². The Labute approximate surface area is 128 Å². The lowest BCUT2D eigenvalue weighted by atomic mass is 9.90. The third-order valence-corrected chi connectivity index (χ3v) is 5.89. The van der Waals surface area contributed by atoms with Crippen molar-refractivity contribution >= 4 is 10.2 Å². The van der Waals surface area contributed by atoms with Gasteiger partial charge in [-0.1, -0.05) is 12.1 Å². The minimum Gasteiger partial charge on any atom is -0.195 e. The van der Waals surface area contributed by atoms with E-state index in [0.29, 0.717) is 25.9 Å². The predicted molar refractivity (Wildman–Crippen MR) is 77.6 cm³/mol. The number of alkyl halides is 3. The molecule has 0 spiro atoms. The second-order valence-electron chi connectivity index (χ2n) is 5.58. The molecule has 8 heteroatoms. The molecule has 1 aromatic carbocycles. The van der Waals surface area contributed by atoms with E-state index in [4.69, 9.17) is 0 Å². The number of halogens is 3. The fraction of sp³-hybridized carbons (Fsp3) is 0.571. The van der Waals surface area contributed by atoms with Gasteiger partial charge in [-0.15, -0.1) is 0 Å². The van der Waals surface area contributed by atoms with Crippen molar-refractivity contribution in [3.8, 4) is 0 Å². The van der Waals surface area contributed by atoms with Crippen LogP contribution in [0.25, 0.3) is 0 Å². The highest BCUT2D eigenvalue weighted by molar-refractivity contribution is 7.86. The molecular formula is C14H19F3N2O2S. The monoisotopic (exact) mass is 336 g/mol. The van der Waals surface area contributed by atoms with Crippen molar-refractivity contribution in [2.24, 2.45) is 0 Å². The summed E-state index contributed by atoms with van der Waals surface area (Å²) < 4.78 is 64.2. The fourth-order valence-corrected chi connectivity index (χ4v) is 3.73. The Hall–Kier alpha value is -1.12. The topological polar surface area (TPSA) is 40.6 Å². The van der Waals surface area contributed by atoms with Crippen LogP contribution in [0.5, 0.6) is 0 Å². The first-order valence-electron chi connectivity index (χ1n) is 6.97. The van der Waals surface area contributed by atoms with Crippen molar-refractivity contribution in [2.45, 2.75) is 24.9 Å². The first-order chi connectivity index (χ1) is 10.1. The van der Waals surface area contributed by atoms with E-state index >= 15 is 0 Å². The number of hydrogen-bond donors (Lipinski definition) is 0. The number of piperidine rings is 1. The summed E-state index contributed by atoms with van der Waals surface area (Å²) in [7, 11) is -0.447. The lowest BCUT2D eigenvalue weighted by Crippen LogP contribution is -2.44. The molecule has 4 nitrogen and oxygen atoms in total. The lowest BCUT2D eigenvalue weighted by Gasteiger charge is -2.33. The molecule has 0 N–H and O–H groups in total. The number of rotatable bonds is 3. The Bertz CT molecular complexity index is 604. The summed E-state index contributed by atoms with van der Waals surface area (Å²) in [6, 6.07) is 5.14. The number of hydrogen-bond acceptors (Lipinski definition) is 2. The molecule has 0 unspecified atom stereocenters. The normalized spacial score (nSPS) is 18.8. The highest BCUT2D eigenvalue weighted by Gasteiger charge is 2.32. The highest BCUT2D eigenvalue weighted by atomic mass is 32.2. The summed E-state index contributed by atoms with van der Waals surface area (Å²) in [5, 5.41) is 0. The van der Waals surface area contributed by atoms with Crippen molar-refractivity contribution in [1.29, 1.82) is 0 Å². The quantitative estimate of drug-likeness (QED) is 0.851. The van der Waals surface area contributed by atoms with Crippen molar-refractivity contribution in [2.75, 3.05) is 27.2 Å². The van der Waals surface area contributed by atoms with Crippen molar-refractivity contribution < 1.29 is 21.6 Å². The van der Waals surface area contributed by atoms with E-state index in [1.54, 1.807) is 0 Å². The summed E-state index contributed by atoms with van der Waals surface area (Å²) in [6.45, 7) is 0.762. The van der Waals surface area contributed by atoms with Crippen LogP contribution in [0.4, 0.5) is 13.2 Å². The SMILES string of the molecule is CN(C)S(=O)(=O)N1CCC(c2ccc(C(F)(F)F)cc2)CC1. The fourth-order valence-electron chi connectivity index (χ4n) is 2.60. The molecule has 0 saturated carbocycles. The van der Waals surface area contributed by atoms with Gasteiger partial charge in [0.2, 0.25) is 0 Å². The molecule has 1 aromatic rings. The van der Waals surface area contributed by atoms with E-state index in [0.717, 1.165) is 17.7 Å². The molecule has 1 fully saturated rings. The molecule has 0 bridgehead atoms. The summed E-state index contributed by atoms with van der Waals surface area (Å²) in [5.74, 6) is 0.0934. The number of nitrogens with zero attached hydrogens (tertiary/aromatic N) is 2. The summed E-state index contributed by atoms with van der Waals surface area (Å²) in [5.41, 5.74) is 0.166. The summed E-state index contributed by atoms with van der Waals surface area (Å²) in [6.07, 6.45) is -3.11. The second-order valence-corrected chi connectivity index (χ2v) is 7.73. The molecule has 0 amide bonds. The maximum Gasteiger partial charge on any atom is 0.416 e. The molecule has 1 aliphatic rings. The van der Waals surface area contributed by atoms with E-state index in [-0.39, 0.29) is 5.92 Å². The zero-order valence-corrected chi connectivity index (χ0v) is 13.3. The smallest absolute Gasteiger partial charge is 0.195 e. The van der Waals surface area contributed by atoms with Gasteiger partial charge >= 0.3 is 6.18 Å². The second kappa shape index (κ2) is 6.17. The van der Waals surface area contributed by atoms with Crippen LogP contribution in [0, 0.1) is 0 Å². The van der Waals surface area contributed by atoms with Gasteiger partial charge in [-0.2, -0.15) is 30.2 Å². The maximum atomic E-state index is 12.5. The summed E-state index contributed by atoms with van der Waals surface area (Å²) in [4.78, 5) is 0. The highest BCUT2D eigenvalue weighted by Crippen LogP contribution is 2.33. The lowest BCUT2D eigenvalue weighted by molar-refractivity contribution is -0.137. The van der Waals surface area contributed by atoms with Crippen LogP contribution in [0.2, 0.25) is 0 Å². The molecule has 1 saturated heterocycles. The molecule has 2 rings (SSSR count). The Morgan fingerprint density at radius 2 is 1.59 bits per heavy atom. The van der Waals surface area contributed by atoms with Gasteiger partial charge in [0.25, 0.3) is 10.2 Å². The van der Waals surface area contributed by atoms with Crippen LogP contribution in [0.3, 0.4) is 0 Å². The number of benzene rings is 1. The van der Waals surface area contributed by atoms with Gasteiger partial charge in [0.15, 0.2) is 0 Å². The molecule has 0 radical (unpaired) electrons. The van der Waals surface area contributed by atoms with Crippen molar-refractivity contribution in [1.82, 2.24) is 8.61 Å². The van der Waals surface area contributed by atoms with Gasteiger partial charge in [0.05, 0.1) is 5.56 Å². The molecular weight excluding hydrogens is 317 g/mol. The molecule has 124 valence electrons. The van der Waals surface area contributed by atoms with E-state index < -0.39 is 21.9 Å². The standard InChI is InChI=1S/C14H19F3N2O2S/c1-18(2)22(20,21)19-9-7-12(8-10-19)11-3-5-13(6-4-11)14(15,16)17/h3-6,12H,7-10H2,1-2H3. The van der Waals surface area contributed by atoms with Crippen LogP contribution in [0.15, 0.2) is 24.3 Å². The Balaban J connectivity index is 2.03.